The molecule has 0 aliphatic heterocycles. The van der Waals surface area contributed by atoms with Crippen LogP contribution in [0.25, 0.3) is 0 Å². The van der Waals surface area contributed by atoms with Crippen molar-refractivity contribution in [3.05, 3.63) is 84.6 Å². The first-order valence-corrected chi connectivity index (χ1v) is 5.57. The lowest BCUT2D eigenvalue weighted by atomic mass is 9.98. The molecule has 2 rings (SSSR count). The summed E-state index contributed by atoms with van der Waals surface area (Å²) in [6, 6.07) is 16.6. The van der Waals surface area contributed by atoms with E-state index in [1.807, 2.05) is 12.1 Å². The second-order valence-corrected chi connectivity index (χ2v) is 4.04. The molecule has 0 amide bonds. The molecule has 2 radical (unpaired) electrons. The maximum atomic E-state index is 4.04. The van der Waals surface area contributed by atoms with Gasteiger partial charge in [-0.2, -0.15) is 0 Å². The van der Waals surface area contributed by atoms with E-state index in [0.29, 0.717) is 0 Å². The third-order valence-corrected chi connectivity index (χ3v) is 2.90. The fourth-order valence-electron chi connectivity index (χ4n) is 1.87. The Morgan fingerprint density at radius 3 is 1.38 bits per heavy atom. The molecule has 0 heteroatoms. The molecule has 0 nitrogen and oxygen atoms in total. The highest BCUT2D eigenvalue weighted by atomic mass is 14.1. The predicted molar refractivity (Wildman–Crippen MR) is 69.2 cm³/mol. The van der Waals surface area contributed by atoms with Crippen molar-refractivity contribution in [2.45, 2.75) is 12.8 Å². The third-order valence-electron chi connectivity index (χ3n) is 2.90. The lowest BCUT2D eigenvalue weighted by molar-refractivity contribution is 0.950. The van der Waals surface area contributed by atoms with Gasteiger partial charge in [-0.05, 0) is 48.9 Å². The molecular weight excluding hydrogens is 192 g/mol. The van der Waals surface area contributed by atoms with Gasteiger partial charge in [-0.3, -0.25) is 0 Å². The van der Waals surface area contributed by atoms with Gasteiger partial charge >= 0.3 is 0 Å². The Morgan fingerprint density at radius 2 is 1.00 bits per heavy atom. The topological polar surface area (TPSA) is 0 Å². The van der Waals surface area contributed by atoms with E-state index in [0.717, 1.165) is 24.0 Å². The third kappa shape index (κ3) is 2.52. The zero-order chi connectivity index (χ0) is 11.4. The summed E-state index contributed by atoms with van der Waals surface area (Å²) in [6.45, 7) is 8.08. The van der Waals surface area contributed by atoms with Crippen molar-refractivity contribution in [3.63, 3.8) is 0 Å². The van der Waals surface area contributed by atoms with Crippen LogP contribution in [0.2, 0.25) is 0 Å². The molecule has 80 valence electrons. The molecule has 0 aliphatic rings. The van der Waals surface area contributed by atoms with Gasteiger partial charge in [0.2, 0.25) is 0 Å². The highest BCUT2D eigenvalue weighted by molar-refractivity contribution is 5.33. The summed E-state index contributed by atoms with van der Waals surface area (Å²) in [5.74, 6) is 0. The summed E-state index contributed by atoms with van der Waals surface area (Å²) in [5.41, 5.74) is 4.91. The molecule has 0 aromatic heterocycles. The van der Waals surface area contributed by atoms with E-state index in [4.69, 9.17) is 0 Å². The Morgan fingerprint density at radius 1 is 0.625 bits per heavy atom. The van der Waals surface area contributed by atoms with Gasteiger partial charge < -0.3 is 0 Å². The SMILES string of the molecule is [CH2]c1ccccc1CCc1ccccc1[CH2]. The number of benzene rings is 2. The lowest BCUT2D eigenvalue weighted by Crippen LogP contribution is -1.95. The number of hydrogen-bond acceptors (Lipinski definition) is 0. The molecule has 2 aromatic carbocycles. The quantitative estimate of drug-likeness (QED) is 0.719. The van der Waals surface area contributed by atoms with Crippen molar-refractivity contribution in [2.75, 3.05) is 0 Å². The van der Waals surface area contributed by atoms with E-state index in [1.165, 1.54) is 11.1 Å². The van der Waals surface area contributed by atoms with E-state index >= 15 is 0 Å². The fourth-order valence-corrected chi connectivity index (χ4v) is 1.87. The Balaban J connectivity index is 2.09. The van der Waals surface area contributed by atoms with Gasteiger partial charge in [-0.15, -0.1) is 0 Å². The van der Waals surface area contributed by atoms with Crippen LogP contribution in [0.15, 0.2) is 48.5 Å². The van der Waals surface area contributed by atoms with Crippen molar-refractivity contribution in [3.8, 4) is 0 Å². The summed E-state index contributed by atoms with van der Waals surface area (Å²) in [4.78, 5) is 0. The molecule has 16 heavy (non-hydrogen) atoms. The van der Waals surface area contributed by atoms with E-state index in [9.17, 15) is 0 Å². The van der Waals surface area contributed by atoms with Crippen LogP contribution in [0.1, 0.15) is 22.3 Å². The molecule has 0 aliphatic carbocycles. The molecule has 0 bridgehead atoms. The van der Waals surface area contributed by atoms with Crippen LogP contribution in [-0.2, 0) is 12.8 Å². The molecule has 0 unspecified atom stereocenters. The molecule has 0 fully saturated rings. The summed E-state index contributed by atoms with van der Waals surface area (Å²) in [7, 11) is 0. The minimum atomic E-state index is 1.03. The van der Waals surface area contributed by atoms with E-state index < -0.39 is 0 Å². The average Bonchev–Trinajstić information content (AvgIpc) is 2.30. The Labute approximate surface area is 97.9 Å². The Bertz CT molecular complexity index is 423. The standard InChI is InChI=1S/C16H16/c1-13-7-3-5-9-15(13)11-12-16-10-6-4-8-14(16)2/h3-10H,1-2,11-12H2. The smallest absolute Gasteiger partial charge is 0.0235 e. The second kappa shape index (κ2) is 4.98. The van der Waals surface area contributed by atoms with Gasteiger partial charge in [-0.25, -0.2) is 0 Å². The predicted octanol–water partition coefficient (Wildman–Crippen LogP) is 3.84. The van der Waals surface area contributed by atoms with Gasteiger partial charge in [-0.1, -0.05) is 48.5 Å². The molecule has 0 saturated carbocycles. The summed E-state index contributed by atoms with van der Waals surface area (Å²) >= 11 is 0. The van der Waals surface area contributed by atoms with E-state index in [2.05, 4.69) is 50.2 Å². The first-order valence-electron chi connectivity index (χ1n) is 5.57. The largest absolute Gasteiger partial charge is 0.0620 e. The first kappa shape index (κ1) is 10.9. The van der Waals surface area contributed by atoms with Crippen molar-refractivity contribution in [1.82, 2.24) is 0 Å². The van der Waals surface area contributed by atoms with Crippen LogP contribution in [-0.4, -0.2) is 0 Å². The van der Waals surface area contributed by atoms with Gasteiger partial charge in [0.25, 0.3) is 0 Å². The van der Waals surface area contributed by atoms with Crippen molar-refractivity contribution in [1.29, 1.82) is 0 Å². The van der Waals surface area contributed by atoms with Gasteiger partial charge in [0.15, 0.2) is 0 Å². The monoisotopic (exact) mass is 208 g/mol. The lowest BCUT2D eigenvalue weighted by Gasteiger charge is -2.07. The molecule has 0 saturated heterocycles. The Hall–Kier alpha value is -1.56. The zero-order valence-corrected chi connectivity index (χ0v) is 9.45. The highest BCUT2D eigenvalue weighted by Gasteiger charge is 2.00. The van der Waals surface area contributed by atoms with Gasteiger partial charge in [0.1, 0.15) is 0 Å². The van der Waals surface area contributed by atoms with Crippen molar-refractivity contribution >= 4 is 0 Å². The molecule has 0 N–H and O–H groups in total. The Kier molecular flexibility index (Phi) is 3.40. The van der Waals surface area contributed by atoms with Crippen LogP contribution in [0.5, 0.6) is 0 Å². The first-order chi connectivity index (χ1) is 7.77. The van der Waals surface area contributed by atoms with Crippen LogP contribution >= 0.6 is 0 Å². The second-order valence-electron chi connectivity index (χ2n) is 4.04. The molecule has 0 spiro atoms. The summed E-state index contributed by atoms with van der Waals surface area (Å²) in [6.07, 6.45) is 2.07. The normalized spacial score (nSPS) is 10.4. The molecular formula is C16H16. The molecule has 0 atom stereocenters. The number of rotatable bonds is 3. The fraction of sp³-hybridized carbons (Fsp3) is 0.125. The van der Waals surface area contributed by atoms with Crippen molar-refractivity contribution < 1.29 is 0 Å². The van der Waals surface area contributed by atoms with E-state index in [-0.39, 0.29) is 0 Å². The summed E-state index contributed by atoms with van der Waals surface area (Å²) in [5, 5.41) is 0. The van der Waals surface area contributed by atoms with Crippen molar-refractivity contribution in [2.24, 2.45) is 0 Å². The van der Waals surface area contributed by atoms with Crippen LogP contribution in [0.3, 0.4) is 0 Å². The maximum absolute atomic E-state index is 4.04. The minimum Gasteiger partial charge on any atom is -0.0620 e. The zero-order valence-electron chi connectivity index (χ0n) is 9.45. The maximum Gasteiger partial charge on any atom is -0.0235 e. The minimum absolute atomic E-state index is 1.03. The van der Waals surface area contributed by atoms with Gasteiger partial charge in [0, 0.05) is 0 Å². The average molecular weight is 208 g/mol. The van der Waals surface area contributed by atoms with Gasteiger partial charge in [0.05, 0.1) is 0 Å². The molecule has 0 heterocycles. The molecule has 2 aromatic rings. The van der Waals surface area contributed by atoms with Crippen LogP contribution in [0.4, 0.5) is 0 Å². The number of hydrogen-bond donors (Lipinski definition) is 0. The highest BCUT2D eigenvalue weighted by Crippen LogP contribution is 2.13. The van der Waals surface area contributed by atoms with Crippen LogP contribution < -0.4 is 0 Å². The summed E-state index contributed by atoms with van der Waals surface area (Å²) < 4.78 is 0. The van der Waals surface area contributed by atoms with E-state index in [1.54, 1.807) is 0 Å². The number of aryl methyl sites for hydroxylation is 2. The van der Waals surface area contributed by atoms with Crippen LogP contribution in [0, 0.1) is 13.8 Å².